The van der Waals surface area contributed by atoms with Crippen LogP contribution in [0.5, 0.6) is 0 Å². The van der Waals surface area contributed by atoms with Crippen molar-refractivity contribution in [2.75, 3.05) is 0 Å². The van der Waals surface area contributed by atoms with Gasteiger partial charge in [0.2, 0.25) is 0 Å². The van der Waals surface area contributed by atoms with E-state index in [1.54, 1.807) is 0 Å². The van der Waals surface area contributed by atoms with E-state index in [0.29, 0.717) is 5.78 Å². The van der Waals surface area contributed by atoms with Gasteiger partial charge in [-0.05, 0) is 26.2 Å². The standard InChI is InChI=1S/C15H22O/c1-11-5-7-12(8-6-11)15(4)10-9-13(16)14(15,2)3/h5,8H,6-7,9-10H2,1-4H3/t15-/m0/s1. The van der Waals surface area contributed by atoms with Crippen molar-refractivity contribution in [3.05, 3.63) is 23.3 Å². The molecule has 0 amide bonds. The topological polar surface area (TPSA) is 17.1 Å². The Hall–Kier alpha value is -0.850. The van der Waals surface area contributed by atoms with Crippen molar-refractivity contribution in [2.24, 2.45) is 10.8 Å². The Morgan fingerprint density at radius 1 is 1.12 bits per heavy atom. The highest BCUT2D eigenvalue weighted by Crippen LogP contribution is 2.56. The zero-order valence-electron chi connectivity index (χ0n) is 10.9. The number of Topliss-reactive ketones (excluding diaryl/α,β-unsaturated/α-hetero) is 1. The molecule has 1 fully saturated rings. The lowest BCUT2D eigenvalue weighted by Crippen LogP contribution is -2.36. The van der Waals surface area contributed by atoms with Crippen molar-refractivity contribution >= 4 is 5.78 Å². The molecule has 1 heteroatoms. The number of ketones is 1. The smallest absolute Gasteiger partial charge is 0.139 e. The minimum atomic E-state index is -0.183. The fourth-order valence-electron chi connectivity index (χ4n) is 3.04. The minimum absolute atomic E-state index is 0.0846. The van der Waals surface area contributed by atoms with E-state index in [-0.39, 0.29) is 10.8 Å². The van der Waals surface area contributed by atoms with E-state index in [4.69, 9.17) is 0 Å². The van der Waals surface area contributed by atoms with E-state index in [2.05, 4.69) is 39.8 Å². The Bertz CT molecular complexity index is 384. The van der Waals surface area contributed by atoms with Crippen LogP contribution in [0.1, 0.15) is 53.4 Å². The lowest BCUT2D eigenvalue weighted by molar-refractivity contribution is -0.126. The Balaban J connectivity index is 2.31. The highest BCUT2D eigenvalue weighted by atomic mass is 16.1. The van der Waals surface area contributed by atoms with Crippen molar-refractivity contribution in [3.8, 4) is 0 Å². The summed E-state index contributed by atoms with van der Waals surface area (Å²) in [5.74, 6) is 0.433. The van der Waals surface area contributed by atoms with Gasteiger partial charge in [-0.2, -0.15) is 0 Å². The summed E-state index contributed by atoms with van der Waals surface area (Å²) in [6, 6.07) is 0. The number of allylic oxidation sites excluding steroid dienone is 4. The summed E-state index contributed by atoms with van der Waals surface area (Å²) >= 11 is 0. The van der Waals surface area contributed by atoms with Crippen molar-refractivity contribution in [1.82, 2.24) is 0 Å². The van der Waals surface area contributed by atoms with Crippen molar-refractivity contribution in [1.29, 1.82) is 0 Å². The molecule has 88 valence electrons. The van der Waals surface area contributed by atoms with Crippen LogP contribution >= 0.6 is 0 Å². The Morgan fingerprint density at radius 3 is 2.25 bits per heavy atom. The van der Waals surface area contributed by atoms with Gasteiger partial charge in [-0.15, -0.1) is 0 Å². The van der Waals surface area contributed by atoms with E-state index < -0.39 is 0 Å². The van der Waals surface area contributed by atoms with Gasteiger partial charge >= 0.3 is 0 Å². The van der Waals surface area contributed by atoms with Gasteiger partial charge < -0.3 is 0 Å². The highest BCUT2D eigenvalue weighted by molar-refractivity contribution is 5.88. The summed E-state index contributed by atoms with van der Waals surface area (Å²) in [5, 5.41) is 0. The van der Waals surface area contributed by atoms with Crippen molar-refractivity contribution in [2.45, 2.75) is 53.4 Å². The lowest BCUT2D eigenvalue weighted by atomic mass is 9.63. The molecule has 2 aliphatic carbocycles. The van der Waals surface area contributed by atoms with E-state index in [9.17, 15) is 4.79 Å². The van der Waals surface area contributed by atoms with Crippen molar-refractivity contribution in [3.63, 3.8) is 0 Å². The molecule has 0 spiro atoms. The first-order chi connectivity index (χ1) is 7.38. The first kappa shape index (κ1) is 11.6. The molecule has 1 nitrogen and oxygen atoms in total. The fourth-order valence-corrected chi connectivity index (χ4v) is 3.04. The molecule has 0 N–H and O–H groups in total. The molecule has 1 saturated carbocycles. The van der Waals surface area contributed by atoms with E-state index in [1.807, 2.05) is 0 Å². The van der Waals surface area contributed by atoms with E-state index >= 15 is 0 Å². The first-order valence-electron chi connectivity index (χ1n) is 6.26. The van der Waals surface area contributed by atoms with Crippen LogP contribution in [0.25, 0.3) is 0 Å². The number of carbonyl (C=O) groups is 1. The summed E-state index contributed by atoms with van der Waals surface area (Å²) in [5.41, 5.74) is 2.84. The molecule has 1 atom stereocenters. The van der Waals surface area contributed by atoms with Gasteiger partial charge in [-0.1, -0.05) is 44.1 Å². The summed E-state index contributed by atoms with van der Waals surface area (Å²) in [6.07, 6.45) is 8.56. The number of hydrogen-bond acceptors (Lipinski definition) is 1. The van der Waals surface area contributed by atoms with Crippen molar-refractivity contribution < 1.29 is 4.79 Å². The molecule has 2 rings (SSSR count). The maximum Gasteiger partial charge on any atom is 0.139 e. The number of hydrogen-bond donors (Lipinski definition) is 0. The molecular weight excluding hydrogens is 196 g/mol. The highest BCUT2D eigenvalue weighted by Gasteiger charge is 2.52. The van der Waals surface area contributed by atoms with Crippen LogP contribution in [0.2, 0.25) is 0 Å². The second-order valence-corrected chi connectivity index (χ2v) is 6.07. The molecule has 0 bridgehead atoms. The molecule has 0 aromatic heterocycles. The largest absolute Gasteiger partial charge is 0.299 e. The quantitative estimate of drug-likeness (QED) is 0.607. The third-order valence-electron chi connectivity index (χ3n) is 4.98. The minimum Gasteiger partial charge on any atom is -0.299 e. The summed E-state index contributed by atoms with van der Waals surface area (Å²) < 4.78 is 0. The van der Waals surface area contributed by atoms with Crippen LogP contribution < -0.4 is 0 Å². The second-order valence-electron chi connectivity index (χ2n) is 6.07. The zero-order valence-corrected chi connectivity index (χ0v) is 10.9. The first-order valence-corrected chi connectivity index (χ1v) is 6.26. The molecule has 16 heavy (non-hydrogen) atoms. The van der Waals surface area contributed by atoms with Crippen LogP contribution in [0, 0.1) is 10.8 Å². The molecule has 0 radical (unpaired) electrons. The third kappa shape index (κ3) is 1.49. The molecular formula is C15H22O. The monoisotopic (exact) mass is 218 g/mol. The second kappa shape index (κ2) is 3.58. The van der Waals surface area contributed by atoms with Crippen LogP contribution in [-0.4, -0.2) is 5.78 Å². The predicted octanol–water partition coefficient (Wildman–Crippen LogP) is 4.05. The average molecular weight is 218 g/mol. The molecule has 0 aliphatic heterocycles. The lowest BCUT2D eigenvalue weighted by Gasteiger charge is -2.40. The molecule has 0 unspecified atom stereocenters. The molecule has 2 aliphatic rings. The van der Waals surface area contributed by atoms with Gasteiger partial charge in [0.25, 0.3) is 0 Å². The molecule has 0 aromatic rings. The normalized spacial score (nSPS) is 33.6. The molecule has 0 heterocycles. The number of carbonyl (C=O) groups excluding carboxylic acids is 1. The Labute approximate surface area is 98.6 Å². The maximum atomic E-state index is 12.0. The van der Waals surface area contributed by atoms with Crippen LogP contribution in [-0.2, 0) is 4.79 Å². The summed E-state index contributed by atoms with van der Waals surface area (Å²) in [6.45, 7) is 8.70. The SMILES string of the molecule is CC1=CCC([C@]2(C)CCC(=O)C2(C)C)=CC1. The number of rotatable bonds is 1. The fraction of sp³-hybridized carbons (Fsp3) is 0.667. The van der Waals surface area contributed by atoms with Gasteiger partial charge in [-0.3, -0.25) is 4.79 Å². The van der Waals surface area contributed by atoms with Gasteiger partial charge in [0.15, 0.2) is 0 Å². The van der Waals surface area contributed by atoms with E-state index in [1.165, 1.54) is 11.1 Å². The molecule has 0 aromatic carbocycles. The van der Waals surface area contributed by atoms with Crippen LogP contribution in [0.4, 0.5) is 0 Å². The summed E-state index contributed by atoms with van der Waals surface area (Å²) in [7, 11) is 0. The van der Waals surface area contributed by atoms with Gasteiger partial charge in [-0.25, -0.2) is 0 Å². The maximum absolute atomic E-state index is 12.0. The Kier molecular flexibility index (Phi) is 2.60. The third-order valence-corrected chi connectivity index (χ3v) is 4.98. The van der Waals surface area contributed by atoms with Gasteiger partial charge in [0, 0.05) is 17.3 Å². The predicted molar refractivity (Wildman–Crippen MR) is 67.2 cm³/mol. The van der Waals surface area contributed by atoms with Gasteiger partial charge in [0.1, 0.15) is 5.78 Å². The average Bonchev–Trinajstić information content (AvgIpc) is 2.44. The summed E-state index contributed by atoms with van der Waals surface area (Å²) in [4.78, 5) is 12.0. The van der Waals surface area contributed by atoms with Gasteiger partial charge in [0.05, 0.1) is 0 Å². The molecule has 0 saturated heterocycles. The van der Waals surface area contributed by atoms with E-state index in [0.717, 1.165) is 25.7 Å². The van der Waals surface area contributed by atoms with Crippen LogP contribution in [0.3, 0.4) is 0 Å². The zero-order chi connectivity index (χ0) is 12.0. The van der Waals surface area contributed by atoms with Crippen LogP contribution in [0.15, 0.2) is 23.3 Å². The Morgan fingerprint density at radius 2 is 1.81 bits per heavy atom.